The van der Waals surface area contributed by atoms with Crippen molar-refractivity contribution in [2.45, 2.75) is 24.7 Å². The van der Waals surface area contributed by atoms with Gasteiger partial charge in [-0.25, -0.2) is 8.42 Å². The van der Waals surface area contributed by atoms with Crippen molar-refractivity contribution in [2.24, 2.45) is 0 Å². The fourth-order valence-corrected chi connectivity index (χ4v) is 4.93. The molecule has 2 saturated heterocycles. The third-order valence-electron chi connectivity index (χ3n) is 5.37. The Labute approximate surface area is 177 Å². The fraction of sp³-hybridized carbons (Fsp3) is 0.684. The maximum absolute atomic E-state index is 12.8. The number of ether oxygens (including phenoxy) is 1. The number of H-pyrrole nitrogens is 1. The largest absolute Gasteiger partial charge is 0.379 e. The highest BCUT2D eigenvalue weighted by atomic mass is 32.2. The molecule has 10 nitrogen and oxygen atoms in total. The lowest BCUT2D eigenvalue weighted by Gasteiger charge is -2.34. The second kappa shape index (κ2) is 10.4. The minimum absolute atomic E-state index is 0.00514. The highest BCUT2D eigenvalue weighted by molar-refractivity contribution is 7.89. The molecule has 0 spiro atoms. The Morgan fingerprint density at radius 1 is 1.13 bits per heavy atom. The molecule has 2 fully saturated rings. The van der Waals surface area contributed by atoms with Crippen LogP contribution in [0.25, 0.3) is 0 Å². The van der Waals surface area contributed by atoms with Gasteiger partial charge in [0.25, 0.3) is 5.91 Å². The number of carbonyl (C=O) groups excluding carboxylic acids is 2. The Balaban J connectivity index is 1.51. The van der Waals surface area contributed by atoms with Crippen LogP contribution in [0, 0.1) is 0 Å². The molecule has 11 heteroatoms. The first-order valence-electron chi connectivity index (χ1n) is 10.5. The van der Waals surface area contributed by atoms with Gasteiger partial charge in [0.1, 0.15) is 10.6 Å². The Kier molecular flexibility index (Phi) is 7.87. The summed E-state index contributed by atoms with van der Waals surface area (Å²) in [6, 6.07) is 1.40. The molecule has 0 saturated carbocycles. The first-order chi connectivity index (χ1) is 14.4. The zero-order chi connectivity index (χ0) is 21.6. The molecule has 0 aromatic carbocycles. The molecule has 3 heterocycles. The highest BCUT2D eigenvalue weighted by Crippen LogP contribution is 2.19. The quantitative estimate of drug-likeness (QED) is 0.536. The van der Waals surface area contributed by atoms with Crippen LogP contribution in [0.15, 0.2) is 17.2 Å². The molecular formula is C19H31N5O5S. The van der Waals surface area contributed by atoms with Gasteiger partial charge in [-0.2, -0.15) is 4.31 Å². The number of amides is 2. The standard InChI is InChI=1S/C19H31N5O5S/c1-2-3-4-20-18(25)15-22-5-7-23(8-6-22)19(26)17-13-16(14-21-17)30(27,28)24-9-11-29-12-10-24/h13-14,21H,2-12,15H2,1H3,(H,20,25). The van der Waals surface area contributed by atoms with E-state index in [9.17, 15) is 18.0 Å². The number of piperazine rings is 1. The van der Waals surface area contributed by atoms with Gasteiger partial charge >= 0.3 is 0 Å². The van der Waals surface area contributed by atoms with Gasteiger partial charge in [-0.15, -0.1) is 0 Å². The van der Waals surface area contributed by atoms with Gasteiger partial charge in [-0.3, -0.25) is 14.5 Å². The van der Waals surface area contributed by atoms with Gasteiger partial charge in [0.2, 0.25) is 15.9 Å². The van der Waals surface area contributed by atoms with Gasteiger partial charge in [0.15, 0.2) is 0 Å². The van der Waals surface area contributed by atoms with E-state index in [0.29, 0.717) is 65.6 Å². The zero-order valence-corrected chi connectivity index (χ0v) is 18.2. The van der Waals surface area contributed by atoms with E-state index in [1.807, 2.05) is 4.90 Å². The van der Waals surface area contributed by atoms with Crippen molar-refractivity contribution in [2.75, 3.05) is 65.6 Å². The first kappa shape index (κ1) is 22.7. The summed E-state index contributed by atoms with van der Waals surface area (Å²) in [7, 11) is -3.64. The third-order valence-corrected chi connectivity index (χ3v) is 7.25. The Morgan fingerprint density at radius 2 is 1.83 bits per heavy atom. The van der Waals surface area contributed by atoms with Crippen molar-refractivity contribution >= 4 is 21.8 Å². The predicted molar refractivity (Wildman–Crippen MR) is 111 cm³/mol. The summed E-state index contributed by atoms with van der Waals surface area (Å²) in [6.45, 7) is 6.65. The summed E-state index contributed by atoms with van der Waals surface area (Å²) >= 11 is 0. The molecule has 3 rings (SSSR count). The number of aromatic nitrogens is 1. The summed E-state index contributed by atoms with van der Waals surface area (Å²) in [6.07, 6.45) is 3.37. The Hall–Kier alpha value is -1.95. The van der Waals surface area contributed by atoms with Crippen LogP contribution < -0.4 is 5.32 Å². The first-order valence-corrected chi connectivity index (χ1v) is 11.9. The van der Waals surface area contributed by atoms with E-state index in [2.05, 4.69) is 17.2 Å². The van der Waals surface area contributed by atoms with E-state index in [1.54, 1.807) is 4.90 Å². The van der Waals surface area contributed by atoms with Crippen LogP contribution in [0.5, 0.6) is 0 Å². The van der Waals surface area contributed by atoms with Crippen molar-refractivity contribution in [3.8, 4) is 0 Å². The lowest BCUT2D eigenvalue weighted by Crippen LogP contribution is -2.51. The lowest BCUT2D eigenvalue weighted by molar-refractivity contribution is -0.122. The van der Waals surface area contributed by atoms with Crippen LogP contribution in [-0.2, 0) is 19.6 Å². The minimum atomic E-state index is -3.64. The molecule has 1 aromatic heterocycles. The number of sulfonamides is 1. The summed E-state index contributed by atoms with van der Waals surface area (Å²) < 4.78 is 32.0. The highest BCUT2D eigenvalue weighted by Gasteiger charge is 2.29. The number of carbonyl (C=O) groups is 2. The molecule has 0 aliphatic carbocycles. The molecule has 2 aliphatic rings. The van der Waals surface area contributed by atoms with E-state index in [1.165, 1.54) is 16.6 Å². The van der Waals surface area contributed by atoms with Crippen molar-refractivity contribution in [3.63, 3.8) is 0 Å². The van der Waals surface area contributed by atoms with Gasteiger partial charge in [-0.1, -0.05) is 13.3 Å². The van der Waals surface area contributed by atoms with Crippen molar-refractivity contribution in [1.29, 1.82) is 0 Å². The van der Waals surface area contributed by atoms with E-state index >= 15 is 0 Å². The molecule has 0 unspecified atom stereocenters. The third kappa shape index (κ3) is 5.60. The number of morpholine rings is 1. The van der Waals surface area contributed by atoms with Gasteiger partial charge < -0.3 is 19.9 Å². The van der Waals surface area contributed by atoms with E-state index < -0.39 is 10.0 Å². The molecule has 2 aliphatic heterocycles. The van der Waals surface area contributed by atoms with Crippen LogP contribution >= 0.6 is 0 Å². The molecule has 0 bridgehead atoms. The van der Waals surface area contributed by atoms with Crippen LogP contribution in [0.1, 0.15) is 30.3 Å². The van der Waals surface area contributed by atoms with Crippen molar-refractivity contribution in [3.05, 3.63) is 18.0 Å². The molecule has 1 aromatic rings. The minimum Gasteiger partial charge on any atom is -0.379 e. The maximum Gasteiger partial charge on any atom is 0.270 e. The molecule has 0 radical (unpaired) electrons. The van der Waals surface area contributed by atoms with E-state index in [0.717, 1.165) is 12.8 Å². The Morgan fingerprint density at radius 3 is 2.50 bits per heavy atom. The van der Waals surface area contributed by atoms with Gasteiger partial charge in [0, 0.05) is 52.0 Å². The lowest BCUT2D eigenvalue weighted by atomic mass is 10.2. The number of rotatable bonds is 8. The van der Waals surface area contributed by atoms with Crippen molar-refractivity contribution < 1.29 is 22.7 Å². The van der Waals surface area contributed by atoms with Gasteiger partial charge in [-0.05, 0) is 12.5 Å². The van der Waals surface area contributed by atoms with Gasteiger partial charge in [0.05, 0.1) is 19.8 Å². The summed E-state index contributed by atoms with van der Waals surface area (Å²) in [5.41, 5.74) is 0.257. The maximum atomic E-state index is 12.8. The summed E-state index contributed by atoms with van der Waals surface area (Å²) in [5.74, 6) is -0.226. The molecular weight excluding hydrogens is 410 g/mol. The summed E-state index contributed by atoms with van der Waals surface area (Å²) in [4.78, 5) is 31.3. The van der Waals surface area contributed by atoms with Crippen LogP contribution in [0.2, 0.25) is 0 Å². The fourth-order valence-electron chi connectivity index (χ4n) is 3.53. The van der Waals surface area contributed by atoms with Crippen LogP contribution in [-0.4, -0.2) is 105 Å². The average Bonchev–Trinajstić information content (AvgIpc) is 3.26. The SMILES string of the molecule is CCCCNC(=O)CN1CCN(C(=O)c2cc(S(=O)(=O)N3CCOCC3)c[nH]2)CC1. The second-order valence-electron chi connectivity index (χ2n) is 7.54. The molecule has 0 atom stereocenters. The number of hydrogen-bond acceptors (Lipinski definition) is 6. The monoisotopic (exact) mass is 441 g/mol. The average molecular weight is 442 g/mol. The molecule has 168 valence electrons. The number of aromatic amines is 1. The van der Waals surface area contributed by atoms with Crippen molar-refractivity contribution in [1.82, 2.24) is 24.4 Å². The predicted octanol–water partition coefficient (Wildman–Crippen LogP) is -0.290. The number of nitrogens with one attached hydrogen (secondary N) is 2. The number of nitrogens with zero attached hydrogens (tertiary/aromatic N) is 3. The topological polar surface area (TPSA) is 115 Å². The van der Waals surface area contributed by atoms with E-state index in [-0.39, 0.29) is 22.4 Å². The Bertz CT molecular complexity index is 826. The van der Waals surface area contributed by atoms with Crippen LogP contribution in [0.4, 0.5) is 0 Å². The summed E-state index contributed by atoms with van der Waals surface area (Å²) in [5, 5.41) is 2.90. The zero-order valence-electron chi connectivity index (χ0n) is 17.4. The number of unbranched alkanes of at least 4 members (excludes halogenated alkanes) is 1. The van der Waals surface area contributed by atoms with Crippen LogP contribution in [0.3, 0.4) is 0 Å². The normalized spacial score (nSPS) is 19.0. The smallest absolute Gasteiger partial charge is 0.270 e. The second-order valence-corrected chi connectivity index (χ2v) is 9.48. The molecule has 2 N–H and O–H groups in total. The number of hydrogen-bond donors (Lipinski definition) is 2. The molecule has 2 amide bonds. The van der Waals surface area contributed by atoms with E-state index in [4.69, 9.17) is 4.74 Å². The molecule has 30 heavy (non-hydrogen) atoms.